The standard InChI is InChI=1S/C17H18N4O4/c1-20-11-13(16(23)21-6-8-25-9-7-21)10-14(17(20)24)19-15(22)12-2-4-18-5-3-12/h2-5,10-11H,6-9H2,1H3,(H,19,22). The normalized spacial score (nSPS) is 14.2. The summed E-state index contributed by atoms with van der Waals surface area (Å²) in [7, 11) is 1.54. The minimum atomic E-state index is -0.435. The van der Waals surface area contributed by atoms with Gasteiger partial charge in [0, 0.05) is 44.3 Å². The molecule has 1 N–H and O–H groups in total. The van der Waals surface area contributed by atoms with Crippen molar-refractivity contribution in [3.05, 3.63) is 58.3 Å². The molecule has 8 nitrogen and oxygen atoms in total. The highest BCUT2D eigenvalue weighted by Gasteiger charge is 2.20. The Labute approximate surface area is 144 Å². The summed E-state index contributed by atoms with van der Waals surface area (Å²) in [5, 5.41) is 2.57. The summed E-state index contributed by atoms with van der Waals surface area (Å²) in [5.41, 5.74) is 0.389. The van der Waals surface area contributed by atoms with E-state index in [0.717, 1.165) is 0 Å². The Kier molecular flexibility index (Phi) is 4.90. The number of aromatic nitrogens is 2. The Balaban J connectivity index is 1.87. The molecular formula is C17H18N4O4. The highest BCUT2D eigenvalue weighted by molar-refractivity contribution is 6.04. The van der Waals surface area contributed by atoms with E-state index in [0.29, 0.717) is 37.4 Å². The molecule has 3 rings (SSSR count). The molecule has 1 aliphatic heterocycles. The molecule has 0 atom stereocenters. The van der Waals surface area contributed by atoms with Crippen molar-refractivity contribution >= 4 is 17.5 Å². The van der Waals surface area contributed by atoms with Crippen molar-refractivity contribution in [2.75, 3.05) is 31.6 Å². The van der Waals surface area contributed by atoms with Crippen molar-refractivity contribution in [3.8, 4) is 0 Å². The number of hydrogen-bond donors (Lipinski definition) is 1. The summed E-state index contributed by atoms with van der Waals surface area (Å²) in [6.07, 6.45) is 4.46. The topological polar surface area (TPSA) is 93.5 Å². The molecule has 0 aliphatic carbocycles. The molecule has 0 aromatic carbocycles. The molecule has 25 heavy (non-hydrogen) atoms. The van der Waals surface area contributed by atoms with Crippen LogP contribution in [-0.2, 0) is 11.8 Å². The van der Waals surface area contributed by atoms with Crippen LogP contribution >= 0.6 is 0 Å². The van der Waals surface area contributed by atoms with Crippen LogP contribution in [0.3, 0.4) is 0 Å². The molecule has 0 radical (unpaired) electrons. The van der Waals surface area contributed by atoms with E-state index in [9.17, 15) is 14.4 Å². The number of nitrogens with one attached hydrogen (secondary N) is 1. The zero-order valence-electron chi connectivity index (χ0n) is 13.8. The van der Waals surface area contributed by atoms with Gasteiger partial charge in [-0.15, -0.1) is 0 Å². The van der Waals surface area contributed by atoms with Gasteiger partial charge in [-0.3, -0.25) is 19.4 Å². The maximum atomic E-state index is 12.6. The fourth-order valence-electron chi connectivity index (χ4n) is 2.57. The van der Waals surface area contributed by atoms with E-state index in [1.807, 2.05) is 0 Å². The van der Waals surface area contributed by atoms with Gasteiger partial charge in [0.05, 0.1) is 18.8 Å². The van der Waals surface area contributed by atoms with Gasteiger partial charge < -0.3 is 19.5 Å². The van der Waals surface area contributed by atoms with E-state index in [1.165, 1.54) is 29.2 Å². The van der Waals surface area contributed by atoms with Crippen LogP contribution in [0, 0.1) is 0 Å². The number of carbonyl (C=O) groups is 2. The summed E-state index contributed by atoms with van der Waals surface area (Å²) < 4.78 is 6.53. The Morgan fingerprint density at radius 2 is 1.84 bits per heavy atom. The quantitative estimate of drug-likeness (QED) is 0.877. The molecule has 1 aliphatic rings. The molecule has 0 spiro atoms. The van der Waals surface area contributed by atoms with Gasteiger partial charge in [-0.1, -0.05) is 0 Å². The Morgan fingerprint density at radius 3 is 2.52 bits per heavy atom. The Hall–Kier alpha value is -3.00. The second-order valence-corrected chi connectivity index (χ2v) is 5.65. The largest absolute Gasteiger partial charge is 0.378 e. The third kappa shape index (κ3) is 3.74. The molecule has 1 saturated heterocycles. The third-order valence-electron chi connectivity index (χ3n) is 3.92. The van der Waals surface area contributed by atoms with Crippen molar-refractivity contribution in [3.63, 3.8) is 0 Å². The first-order valence-corrected chi connectivity index (χ1v) is 7.85. The number of morpholine rings is 1. The highest BCUT2D eigenvalue weighted by Crippen LogP contribution is 2.11. The lowest BCUT2D eigenvalue weighted by Gasteiger charge is -2.27. The van der Waals surface area contributed by atoms with Gasteiger partial charge in [0.1, 0.15) is 5.69 Å². The van der Waals surface area contributed by atoms with Gasteiger partial charge in [-0.2, -0.15) is 0 Å². The number of nitrogens with zero attached hydrogens (tertiary/aromatic N) is 3. The number of rotatable bonds is 3. The fraction of sp³-hybridized carbons (Fsp3) is 0.294. The molecule has 0 unspecified atom stereocenters. The number of anilines is 1. The second kappa shape index (κ2) is 7.27. The smallest absolute Gasteiger partial charge is 0.274 e. The minimum absolute atomic E-state index is 0.0587. The SMILES string of the molecule is Cn1cc(C(=O)N2CCOCC2)cc(NC(=O)c2ccncc2)c1=O. The first-order chi connectivity index (χ1) is 12.1. The summed E-state index contributed by atoms with van der Waals surface area (Å²) in [6, 6.07) is 4.50. The Morgan fingerprint density at radius 1 is 1.16 bits per heavy atom. The van der Waals surface area contributed by atoms with Gasteiger partial charge >= 0.3 is 0 Å². The van der Waals surface area contributed by atoms with Crippen LogP contribution in [0.5, 0.6) is 0 Å². The van der Waals surface area contributed by atoms with Gasteiger partial charge in [0.2, 0.25) is 0 Å². The zero-order valence-corrected chi connectivity index (χ0v) is 13.8. The predicted octanol–water partition coefficient (Wildman–Crippen LogP) is 0.505. The molecule has 2 amide bonds. The molecule has 130 valence electrons. The predicted molar refractivity (Wildman–Crippen MR) is 90.6 cm³/mol. The summed E-state index contributed by atoms with van der Waals surface area (Å²) >= 11 is 0. The average molecular weight is 342 g/mol. The maximum Gasteiger partial charge on any atom is 0.274 e. The van der Waals surface area contributed by atoms with Crippen molar-refractivity contribution in [2.24, 2.45) is 7.05 Å². The minimum Gasteiger partial charge on any atom is -0.378 e. The third-order valence-corrected chi connectivity index (χ3v) is 3.92. The van der Waals surface area contributed by atoms with Gasteiger partial charge in [0.25, 0.3) is 17.4 Å². The van der Waals surface area contributed by atoms with Crippen LogP contribution in [0.25, 0.3) is 0 Å². The van der Waals surface area contributed by atoms with E-state index < -0.39 is 5.91 Å². The van der Waals surface area contributed by atoms with Crippen molar-refractivity contribution in [2.45, 2.75) is 0 Å². The number of ether oxygens (including phenoxy) is 1. The van der Waals surface area contributed by atoms with E-state index in [4.69, 9.17) is 4.74 Å². The van der Waals surface area contributed by atoms with E-state index in [1.54, 1.807) is 24.1 Å². The molecule has 0 bridgehead atoms. The second-order valence-electron chi connectivity index (χ2n) is 5.65. The lowest BCUT2D eigenvalue weighted by atomic mass is 10.2. The highest BCUT2D eigenvalue weighted by atomic mass is 16.5. The monoisotopic (exact) mass is 342 g/mol. The first kappa shape index (κ1) is 16.8. The van der Waals surface area contributed by atoms with Crippen LogP contribution in [0.1, 0.15) is 20.7 Å². The van der Waals surface area contributed by atoms with E-state index in [-0.39, 0.29) is 17.2 Å². The van der Waals surface area contributed by atoms with Crippen LogP contribution in [0.2, 0.25) is 0 Å². The lowest BCUT2D eigenvalue weighted by Crippen LogP contribution is -2.41. The number of pyridine rings is 2. The molecule has 2 aromatic heterocycles. The first-order valence-electron chi connectivity index (χ1n) is 7.85. The van der Waals surface area contributed by atoms with Crippen molar-refractivity contribution in [1.29, 1.82) is 0 Å². The van der Waals surface area contributed by atoms with Crippen LogP contribution < -0.4 is 10.9 Å². The van der Waals surface area contributed by atoms with Crippen molar-refractivity contribution < 1.29 is 14.3 Å². The van der Waals surface area contributed by atoms with Gasteiger partial charge in [-0.05, 0) is 18.2 Å². The average Bonchev–Trinajstić information content (AvgIpc) is 2.66. The summed E-state index contributed by atoms with van der Waals surface area (Å²) in [6.45, 7) is 1.98. The number of amides is 2. The number of carbonyl (C=O) groups excluding carboxylic acids is 2. The van der Waals surface area contributed by atoms with E-state index in [2.05, 4.69) is 10.3 Å². The van der Waals surface area contributed by atoms with Crippen LogP contribution in [-0.4, -0.2) is 52.6 Å². The molecule has 3 heterocycles. The number of aryl methyl sites for hydroxylation is 1. The van der Waals surface area contributed by atoms with Crippen molar-refractivity contribution in [1.82, 2.24) is 14.5 Å². The zero-order chi connectivity index (χ0) is 17.8. The summed E-state index contributed by atoms with van der Waals surface area (Å²) in [4.78, 5) is 42.7. The number of hydrogen-bond acceptors (Lipinski definition) is 5. The maximum absolute atomic E-state index is 12.6. The fourth-order valence-corrected chi connectivity index (χ4v) is 2.57. The molecular weight excluding hydrogens is 324 g/mol. The lowest BCUT2D eigenvalue weighted by molar-refractivity contribution is 0.0302. The molecule has 1 fully saturated rings. The molecule has 2 aromatic rings. The van der Waals surface area contributed by atoms with Crippen LogP contribution in [0.15, 0.2) is 41.6 Å². The Bertz CT molecular complexity index is 841. The van der Waals surface area contributed by atoms with Gasteiger partial charge in [0.15, 0.2) is 0 Å². The molecule has 8 heteroatoms. The summed E-state index contributed by atoms with van der Waals surface area (Å²) in [5.74, 6) is -0.631. The van der Waals surface area contributed by atoms with Gasteiger partial charge in [-0.25, -0.2) is 0 Å². The molecule has 0 saturated carbocycles. The van der Waals surface area contributed by atoms with Crippen LogP contribution in [0.4, 0.5) is 5.69 Å². The van der Waals surface area contributed by atoms with E-state index >= 15 is 0 Å².